The number of benzene rings is 2. The van der Waals surface area contributed by atoms with E-state index in [9.17, 15) is 10.1 Å². The van der Waals surface area contributed by atoms with Gasteiger partial charge in [0, 0.05) is 5.56 Å². The molecule has 0 aliphatic carbocycles. The number of para-hydroxylation sites is 2. The molecule has 1 N–H and O–H groups in total. The Hall–Kier alpha value is -3.33. The van der Waals surface area contributed by atoms with Crippen LogP contribution >= 0.6 is 0 Å². The fourth-order valence-corrected chi connectivity index (χ4v) is 2.57. The molecule has 0 radical (unpaired) electrons. The average molecular weight is 305 g/mol. The van der Waals surface area contributed by atoms with Gasteiger partial charge in [-0.15, -0.1) is 0 Å². The van der Waals surface area contributed by atoms with Gasteiger partial charge in [0.2, 0.25) is 6.79 Å². The molecule has 23 heavy (non-hydrogen) atoms. The zero-order chi connectivity index (χ0) is 15.8. The van der Waals surface area contributed by atoms with Crippen molar-refractivity contribution in [2.45, 2.75) is 5.92 Å². The summed E-state index contributed by atoms with van der Waals surface area (Å²) in [7, 11) is 0. The molecule has 0 amide bonds. The molecule has 6 nitrogen and oxygen atoms in total. The molecule has 2 heterocycles. The molecule has 1 aromatic heterocycles. The van der Waals surface area contributed by atoms with Crippen LogP contribution in [-0.4, -0.2) is 22.5 Å². The minimum absolute atomic E-state index is 0.137. The number of aromatic amines is 1. The Bertz CT molecular complexity index is 922. The fraction of sp³-hybridized carbons (Fsp3) is 0.118. The first-order chi connectivity index (χ1) is 11.3. The molecule has 1 unspecified atom stereocenters. The number of ketones is 1. The van der Waals surface area contributed by atoms with Crippen LogP contribution in [0, 0.1) is 11.3 Å². The topological polar surface area (TPSA) is 88.0 Å². The summed E-state index contributed by atoms with van der Waals surface area (Å²) >= 11 is 0. The first kappa shape index (κ1) is 13.3. The van der Waals surface area contributed by atoms with Crippen LogP contribution in [0.3, 0.4) is 0 Å². The van der Waals surface area contributed by atoms with Crippen LogP contribution in [0.4, 0.5) is 0 Å². The van der Waals surface area contributed by atoms with Crippen LogP contribution in [0.15, 0.2) is 42.5 Å². The summed E-state index contributed by atoms with van der Waals surface area (Å²) in [5, 5.41) is 9.44. The quantitative estimate of drug-likeness (QED) is 0.752. The van der Waals surface area contributed by atoms with Gasteiger partial charge < -0.3 is 14.5 Å². The van der Waals surface area contributed by atoms with E-state index in [1.54, 1.807) is 18.2 Å². The number of aromatic nitrogens is 2. The van der Waals surface area contributed by atoms with Gasteiger partial charge in [0.05, 0.1) is 17.1 Å². The zero-order valence-electron chi connectivity index (χ0n) is 11.9. The predicted molar refractivity (Wildman–Crippen MR) is 81.3 cm³/mol. The average Bonchev–Trinajstić information content (AvgIpc) is 3.21. The van der Waals surface area contributed by atoms with E-state index in [1.807, 2.05) is 30.3 Å². The maximum atomic E-state index is 12.7. The van der Waals surface area contributed by atoms with Crippen molar-refractivity contribution in [2.24, 2.45) is 0 Å². The number of carbonyl (C=O) groups is 1. The lowest BCUT2D eigenvalue weighted by Crippen LogP contribution is -2.12. The van der Waals surface area contributed by atoms with E-state index in [0.29, 0.717) is 22.9 Å². The number of ether oxygens (including phenoxy) is 2. The normalized spacial score (nSPS) is 13.7. The maximum Gasteiger partial charge on any atom is 0.231 e. The van der Waals surface area contributed by atoms with E-state index < -0.39 is 5.92 Å². The van der Waals surface area contributed by atoms with E-state index in [1.165, 1.54) is 0 Å². The van der Waals surface area contributed by atoms with Crippen LogP contribution in [-0.2, 0) is 0 Å². The second-order valence-electron chi connectivity index (χ2n) is 5.13. The highest BCUT2D eigenvalue weighted by Crippen LogP contribution is 2.33. The highest BCUT2D eigenvalue weighted by molar-refractivity contribution is 6.03. The second-order valence-corrected chi connectivity index (χ2v) is 5.13. The highest BCUT2D eigenvalue weighted by Gasteiger charge is 2.26. The number of hydrogen-bond donors (Lipinski definition) is 1. The minimum Gasteiger partial charge on any atom is -0.454 e. The number of nitrogens with zero attached hydrogens (tertiary/aromatic N) is 2. The van der Waals surface area contributed by atoms with Crippen molar-refractivity contribution in [2.75, 3.05) is 6.79 Å². The van der Waals surface area contributed by atoms with Crippen molar-refractivity contribution in [3.63, 3.8) is 0 Å². The number of nitrogens with one attached hydrogen (secondary N) is 1. The van der Waals surface area contributed by atoms with Crippen molar-refractivity contribution < 1.29 is 14.3 Å². The summed E-state index contributed by atoms with van der Waals surface area (Å²) in [5.74, 6) is 0.125. The third-order valence-electron chi connectivity index (χ3n) is 3.73. The van der Waals surface area contributed by atoms with Gasteiger partial charge in [-0.3, -0.25) is 4.79 Å². The lowest BCUT2D eigenvalue weighted by Gasteiger charge is -2.06. The summed E-state index contributed by atoms with van der Waals surface area (Å²) in [6, 6.07) is 14.3. The maximum absolute atomic E-state index is 12.7. The van der Waals surface area contributed by atoms with Crippen molar-refractivity contribution in [3.8, 4) is 17.6 Å². The summed E-state index contributed by atoms with van der Waals surface area (Å²) in [5.41, 5.74) is 1.91. The number of rotatable bonds is 3. The van der Waals surface area contributed by atoms with Gasteiger partial charge in [-0.2, -0.15) is 5.26 Å². The molecule has 6 heteroatoms. The first-order valence-corrected chi connectivity index (χ1v) is 7.04. The second kappa shape index (κ2) is 5.14. The first-order valence-electron chi connectivity index (χ1n) is 7.04. The molecular weight excluding hydrogens is 294 g/mol. The molecule has 4 rings (SSSR count). The van der Waals surface area contributed by atoms with E-state index in [-0.39, 0.29) is 12.6 Å². The Labute approximate surface area is 131 Å². The Kier molecular flexibility index (Phi) is 2.98. The molecule has 1 atom stereocenters. The lowest BCUT2D eigenvalue weighted by atomic mass is 9.98. The van der Waals surface area contributed by atoms with Gasteiger partial charge in [-0.05, 0) is 30.3 Å². The standard InChI is InChI=1S/C17H11N3O3/c18-8-11(17-19-12-3-1-2-4-13(12)20-17)16(21)10-5-6-14-15(7-10)23-9-22-14/h1-7,11H,9H2,(H,19,20). The Morgan fingerprint density at radius 2 is 2.04 bits per heavy atom. The molecule has 0 saturated heterocycles. The van der Waals surface area contributed by atoms with E-state index >= 15 is 0 Å². The number of fused-ring (bicyclic) bond motifs is 2. The SMILES string of the molecule is N#CC(C(=O)c1ccc2c(c1)OCO2)c1nc2ccccc2[nH]1. The van der Waals surface area contributed by atoms with Crippen LogP contribution in [0.2, 0.25) is 0 Å². The molecular formula is C17H11N3O3. The third-order valence-corrected chi connectivity index (χ3v) is 3.73. The molecule has 3 aromatic rings. The summed E-state index contributed by atoms with van der Waals surface area (Å²) in [4.78, 5) is 20.1. The number of carbonyl (C=O) groups excluding carboxylic acids is 1. The van der Waals surface area contributed by atoms with Crippen LogP contribution in [0.25, 0.3) is 11.0 Å². The third kappa shape index (κ3) is 2.19. The summed E-state index contributed by atoms with van der Waals surface area (Å²) in [6.07, 6.45) is 0. The van der Waals surface area contributed by atoms with Crippen molar-refractivity contribution in [1.82, 2.24) is 9.97 Å². The Balaban J connectivity index is 1.71. The number of H-pyrrole nitrogens is 1. The van der Waals surface area contributed by atoms with Crippen LogP contribution in [0.1, 0.15) is 22.1 Å². The van der Waals surface area contributed by atoms with Gasteiger partial charge in [-0.1, -0.05) is 12.1 Å². The lowest BCUT2D eigenvalue weighted by molar-refractivity contribution is 0.0976. The highest BCUT2D eigenvalue weighted by atomic mass is 16.7. The predicted octanol–water partition coefficient (Wildman–Crippen LogP) is 2.78. The molecule has 2 aromatic carbocycles. The van der Waals surface area contributed by atoms with Gasteiger partial charge >= 0.3 is 0 Å². The van der Waals surface area contributed by atoms with E-state index in [0.717, 1.165) is 11.0 Å². The fourth-order valence-electron chi connectivity index (χ4n) is 2.57. The molecule has 1 aliphatic heterocycles. The van der Waals surface area contributed by atoms with Gasteiger partial charge in [0.25, 0.3) is 0 Å². The summed E-state index contributed by atoms with van der Waals surface area (Å²) in [6.45, 7) is 0.137. The number of Topliss-reactive ketones (excluding diaryl/α,β-unsaturated/α-hetero) is 1. The van der Waals surface area contributed by atoms with Crippen molar-refractivity contribution in [1.29, 1.82) is 5.26 Å². The smallest absolute Gasteiger partial charge is 0.231 e. The van der Waals surface area contributed by atoms with Crippen LogP contribution < -0.4 is 9.47 Å². The molecule has 1 aliphatic rings. The number of hydrogen-bond acceptors (Lipinski definition) is 5. The minimum atomic E-state index is -0.997. The molecule has 0 fully saturated rings. The largest absolute Gasteiger partial charge is 0.454 e. The molecule has 0 bridgehead atoms. The van der Waals surface area contributed by atoms with Gasteiger partial charge in [-0.25, -0.2) is 4.98 Å². The number of nitriles is 1. The Morgan fingerprint density at radius 1 is 1.22 bits per heavy atom. The molecule has 0 saturated carbocycles. The summed E-state index contributed by atoms with van der Waals surface area (Å²) < 4.78 is 10.5. The van der Waals surface area contributed by atoms with Crippen molar-refractivity contribution in [3.05, 3.63) is 53.9 Å². The zero-order valence-corrected chi connectivity index (χ0v) is 11.9. The Morgan fingerprint density at radius 3 is 2.87 bits per heavy atom. The van der Waals surface area contributed by atoms with E-state index in [2.05, 4.69) is 9.97 Å². The van der Waals surface area contributed by atoms with Crippen molar-refractivity contribution >= 4 is 16.8 Å². The van der Waals surface area contributed by atoms with Gasteiger partial charge in [0.1, 0.15) is 5.82 Å². The van der Waals surface area contributed by atoms with Crippen LogP contribution in [0.5, 0.6) is 11.5 Å². The van der Waals surface area contributed by atoms with E-state index in [4.69, 9.17) is 9.47 Å². The molecule has 0 spiro atoms. The number of imidazole rings is 1. The molecule has 112 valence electrons. The van der Waals surface area contributed by atoms with Gasteiger partial charge in [0.15, 0.2) is 23.2 Å². The monoisotopic (exact) mass is 305 g/mol.